The fourth-order valence-corrected chi connectivity index (χ4v) is 4.37. The molecule has 1 aliphatic rings. The molecule has 8 heteroatoms. The molecule has 5 nitrogen and oxygen atoms in total. The summed E-state index contributed by atoms with van der Waals surface area (Å²) in [6, 6.07) is 18.5. The van der Waals surface area contributed by atoms with Crippen molar-refractivity contribution in [2.24, 2.45) is 11.7 Å². The van der Waals surface area contributed by atoms with Gasteiger partial charge in [0.05, 0.1) is 5.56 Å². The Morgan fingerprint density at radius 1 is 0.912 bits per heavy atom. The lowest BCUT2D eigenvalue weighted by Gasteiger charge is -2.21. The molecule has 3 aromatic rings. The second-order valence-electron chi connectivity index (χ2n) is 8.24. The fraction of sp³-hybridized carbons (Fsp3) is 0.231. The predicted molar refractivity (Wildman–Crippen MR) is 119 cm³/mol. The van der Waals surface area contributed by atoms with Crippen LogP contribution in [-0.2, 0) is 26.9 Å². The van der Waals surface area contributed by atoms with Gasteiger partial charge in [0, 0.05) is 12.0 Å². The first-order chi connectivity index (χ1) is 16.2. The number of fused-ring (bicyclic) bond motifs is 3. The van der Waals surface area contributed by atoms with Gasteiger partial charge in [0.15, 0.2) is 5.92 Å². The Balaban J connectivity index is 1.46. The maximum atomic E-state index is 12.8. The first kappa shape index (κ1) is 23.5. The minimum absolute atomic E-state index is 0.0519. The molecule has 0 bridgehead atoms. The van der Waals surface area contributed by atoms with Crippen LogP contribution in [0.1, 0.15) is 28.2 Å². The average molecular weight is 469 g/mol. The highest BCUT2D eigenvalue weighted by Gasteiger charge is 2.36. The summed E-state index contributed by atoms with van der Waals surface area (Å²) in [7, 11) is 0. The van der Waals surface area contributed by atoms with Crippen LogP contribution in [0, 0.1) is 5.92 Å². The van der Waals surface area contributed by atoms with Crippen molar-refractivity contribution in [3.8, 4) is 11.1 Å². The number of esters is 1. The van der Waals surface area contributed by atoms with Crippen LogP contribution in [0.5, 0.6) is 0 Å². The van der Waals surface area contributed by atoms with Crippen molar-refractivity contribution in [2.45, 2.75) is 24.6 Å². The second kappa shape index (κ2) is 9.30. The molecule has 4 rings (SSSR count). The van der Waals surface area contributed by atoms with Crippen molar-refractivity contribution in [3.63, 3.8) is 0 Å². The summed E-state index contributed by atoms with van der Waals surface area (Å²) < 4.78 is 43.7. The highest BCUT2D eigenvalue weighted by molar-refractivity contribution is 5.95. The van der Waals surface area contributed by atoms with Crippen molar-refractivity contribution in [1.82, 2.24) is 0 Å². The van der Waals surface area contributed by atoms with Gasteiger partial charge in [0.2, 0.25) is 0 Å². The van der Waals surface area contributed by atoms with Crippen LogP contribution >= 0.6 is 0 Å². The molecule has 0 radical (unpaired) electrons. The topological polar surface area (TPSA) is 89.6 Å². The summed E-state index contributed by atoms with van der Waals surface area (Å²) in [5.41, 5.74) is 9.61. The Labute approximate surface area is 194 Å². The number of benzene rings is 3. The van der Waals surface area contributed by atoms with E-state index in [0.717, 1.165) is 34.4 Å². The largest absolute Gasteiger partial charge is 0.481 e. The normalized spacial score (nSPS) is 14.7. The molecule has 2 atom stereocenters. The zero-order valence-electron chi connectivity index (χ0n) is 18.0. The SMILES string of the molecule is NC(Cc1ccc(C(F)(F)F)cc1)[C@@H](C(=O)O)C(=O)OCC1c2ccccc2-c2ccccc21. The fourth-order valence-electron chi connectivity index (χ4n) is 4.37. The Morgan fingerprint density at radius 2 is 1.44 bits per heavy atom. The van der Waals surface area contributed by atoms with Crippen LogP contribution in [0.2, 0.25) is 0 Å². The van der Waals surface area contributed by atoms with Gasteiger partial charge in [-0.25, -0.2) is 0 Å². The predicted octanol–water partition coefficient (Wildman–Crippen LogP) is 4.63. The van der Waals surface area contributed by atoms with Gasteiger partial charge < -0.3 is 15.6 Å². The van der Waals surface area contributed by atoms with Crippen molar-refractivity contribution < 1.29 is 32.6 Å². The zero-order chi connectivity index (χ0) is 24.5. The summed E-state index contributed by atoms with van der Waals surface area (Å²) in [4.78, 5) is 24.6. The van der Waals surface area contributed by atoms with Gasteiger partial charge in [-0.3, -0.25) is 9.59 Å². The molecule has 0 aliphatic heterocycles. The third kappa shape index (κ3) is 4.68. The summed E-state index contributed by atoms with van der Waals surface area (Å²) in [5.74, 6) is -4.32. The number of carboxylic acid groups (broad SMARTS) is 1. The molecule has 176 valence electrons. The molecule has 0 spiro atoms. The monoisotopic (exact) mass is 469 g/mol. The number of nitrogens with two attached hydrogens (primary N) is 1. The lowest BCUT2D eigenvalue weighted by molar-refractivity contribution is -0.159. The standard InChI is InChI=1S/C26H22F3NO4/c27-26(28,29)16-11-9-15(10-12-16)13-22(30)23(24(31)32)25(33)34-14-21-19-7-3-1-5-17(19)18-6-2-4-8-20(18)21/h1-12,21-23H,13-14,30H2,(H,31,32)/t22?,23-/m0/s1. The lowest BCUT2D eigenvalue weighted by Crippen LogP contribution is -2.43. The number of halogens is 3. The van der Waals surface area contributed by atoms with Gasteiger partial charge in [-0.1, -0.05) is 60.7 Å². The van der Waals surface area contributed by atoms with E-state index in [4.69, 9.17) is 10.5 Å². The first-order valence-electron chi connectivity index (χ1n) is 10.7. The number of ether oxygens (including phenoxy) is 1. The summed E-state index contributed by atoms with van der Waals surface area (Å²) in [5, 5.41) is 9.62. The maximum absolute atomic E-state index is 12.8. The molecule has 1 unspecified atom stereocenters. The number of carboxylic acids is 1. The van der Waals surface area contributed by atoms with E-state index in [0.29, 0.717) is 5.56 Å². The Hall–Kier alpha value is -3.65. The summed E-state index contributed by atoms with van der Waals surface area (Å²) >= 11 is 0. The first-order valence-corrected chi connectivity index (χ1v) is 10.7. The molecular weight excluding hydrogens is 447 g/mol. The summed E-state index contributed by atoms with van der Waals surface area (Å²) in [6.45, 7) is -0.0519. The molecule has 0 aromatic heterocycles. The number of hydrogen-bond donors (Lipinski definition) is 2. The van der Waals surface area contributed by atoms with E-state index < -0.39 is 35.6 Å². The molecule has 3 N–H and O–H groups in total. The van der Waals surface area contributed by atoms with Crippen LogP contribution in [0.4, 0.5) is 13.2 Å². The number of rotatable bonds is 7. The maximum Gasteiger partial charge on any atom is 0.416 e. The molecular formula is C26H22F3NO4. The molecule has 0 saturated carbocycles. The molecule has 3 aromatic carbocycles. The van der Waals surface area contributed by atoms with Crippen LogP contribution < -0.4 is 5.73 Å². The van der Waals surface area contributed by atoms with Gasteiger partial charge in [-0.05, 0) is 46.4 Å². The van der Waals surface area contributed by atoms with E-state index in [2.05, 4.69) is 0 Å². The van der Waals surface area contributed by atoms with Gasteiger partial charge >= 0.3 is 18.1 Å². The van der Waals surface area contributed by atoms with Crippen molar-refractivity contribution in [1.29, 1.82) is 0 Å². The van der Waals surface area contributed by atoms with Crippen molar-refractivity contribution in [3.05, 3.63) is 95.1 Å². The Morgan fingerprint density at radius 3 is 1.94 bits per heavy atom. The highest BCUT2D eigenvalue weighted by Crippen LogP contribution is 2.44. The smallest absolute Gasteiger partial charge is 0.416 e. The molecule has 0 amide bonds. The van der Waals surface area contributed by atoms with E-state index in [1.165, 1.54) is 12.1 Å². The van der Waals surface area contributed by atoms with Crippen LogP contribution in [0.3, 0.4) is 0 Å². The van der Waals surface area contributed by atoms with Crippen LogP contribution in [0.15, 0.2) is 72.8 Å². The number of aliphatic carboxylic acids is 1. The van der Waals surface area contributed by atoms with Crippen molar-refractivity contribution >= 4 is 11.9 Å². The highest BCUT2D eigenvalue weighted by atomic mass is 19.4. The number of carbonyl (C=O) groups is 2. The van der Waals surface area contributed by atoms with E-state index in [1.54, 1.807) is 0 Å². The van der Waals surface area contributed by atoms with Gasteiger partial charge in [-0.15, -0.1) is 0 Å². The van der Waals surface area contributed by atoms with E-state index in [-0.39, 0.29) is 18.9 Å². The van der Waals surface area contributed by atoms with Crippen LogP contribution in [0.25, 0.3) is 11.1 Å². The van der Waals surface area contributed by atoms with Gasteiger partial charge in [-0.2, -0.15) is 13.2 Å². The Bertz CT molecular complexity index is 1160. The molecule has 0 saturated heterocycles. The van der Waals surface area contributed by atoms with Gasteiger partial charge in [0.25, 0.3) is 0 Å². The quantitative estimate of drug-likeness (QED) is 0.389. The van der Waals surface area contributed by atoms with E-state index in [9.17, 15) is 27.9 Å². The molecule has 0 fully saturated rings. The lowest BCUT2D eigenvalue weighted by atomic mass is 9.93. The third-order valence-electron chi connectivity index (χ3n) is 6.06. The minimum Gasteiger partial charge on any atom is -0.481 e. The van der Waals surface area contributed by atoms with Crippen LogP contribution in [-0.4, -0.2) is 29.7 Å². The minimum atomic E-state index is -4.48. The Kier molecular flexibility index (Phi) is 6.43. The molecule has 34 heavy (non-hydrogen) atoms. The van der Waals surface area contributed by atoms with E-state index in [1.807, 2.05) is 48.5 Å². The molecule has 1 aliphatic carbocycles. The zero-order valence-corrected chi connectivity index (χ0v) is 18.0. The van der Waals surface area contributed by atoms with E-state index >= 15 is 0 Å². The van der Waals surface area contributed by atoms with Crippen molar-refractivity contribution in [2.75, 3.05) is 6.61 Å². The second-order valence-corrected chi connectivity index (χ2v) is 8.24. The average Bonchev–Trinajstić information content (AvgIpc) is 3.11. The van der Waals surface area contributed by atoms with Gasteiger partial charge in [0.1, 0.15) is 6.61 Å². The molecule has 0 heterocycles. The number of alkyl halides is 3. The third-order valence-corrected chi connectivity index (χ3v) is 6.06. The number of carbonyl (C=O) groups excluding carboxylic acids is 1. The number of hydrogen-bond acceptors (Lipinski definition) is 4. The summed E-state index contributed by atoms with van der Waals surface area (Å²) in [6.07, 6.45) is -4.58.